The molecule has 1 aromatic carbocycles. The number of cyclic esters (lactones) is 1. The van der Waals surface area contributed by atoms with Crippen molar-refractivity contribution in [2.24, 2.45) is 11.8 Å². The van der Waals surface area contributed by atoms with E-state index in [1.807, 2.05) is 11.8 Å². The third-order valence-electron chi connectivity index (χ3n) is 9.65. The van der Waals surface area contributed by atoms with E-state index in [-0.39, 0.29) is 30.4 Å². The molecule has 0 N–H and O–H groups in total. The Labute approximate surface area is 291 Å². The van der Waals surface area contributed by atoms with E-state index in [1.54, 1.807) is 27.0 Å². The molecule has 5 rings (SSSR count). The highest BCUT2D eigenvalue weighted by atomic mass is 19.4. The molecular formula is C35H41F6N5O5. The fraction of sp³-hybridized carbons (Fsp3) is 0.571. The molecule has 1 amide bonds. The smallest absolute Gasteiger partial charge is 0.416 e. The van der Waals surface area contributed by atoms with Gasteiger partial charge >= 0.3 is 24.4 Å². The van der Waals surface area contributed by atoms with Crippen LogP contribution >= 0.6 is 0 Å². The quantitative estimate of drug-likeness (QED) is 0.142. The zero-order valence-electron chi connectivity index (χ0n) is 29.0. The predicted octanol–water partition coefficient (Wildman–Crippen LogP) is 8.45. The molecule has 3 aromatic rings. The first kappa shape index (κ1) is 37.9. The minimum atomic E-state index is -5.06. The Morgan fingerprint density at radius 3 is 2.18 bits per heavy atom. The SMILES string of the molecule is CCOC(=O)C[C@H]1CC[C@H](CN(CC)c2ncc(-c3c(C)noc3C)nc2CN2C(=O)OC(c3cc(C(F)(F)F)cc(C(F)(F)F)c3)[C@@H]2C)CC1. The Bertz CT molecular complexity index is 1670. The number of aromatic nitrogens is 3. The molecule has 3 heterocycles. The van der Waals surface area contributed by atoms with Crippen LogP contribution in [0.15, 0.2) is 28.9 Å². The number of anilines is 1. The maximum absolute atomic E-state index is 13.7. The number of alkyl halides is 6. The Kier molecular flexibility index (Phi) is 11.2. The van der Waals surface area contributed by atoms with Gasteiger partial charge in [0.2, 0.25) is 0 Å². The van der Waals surface area contributed by atoms with Crippen LogP contribution in [0.5, 0.6) is 0 Å². The van der Waals surface area contributed by atoms with E-state index < -0.39 is 47.3 Å². The number of hydrogen-bond acceptors (Lipinski definition) is 9. The van der Waals surface area contributed by atoms with Gasteiger partial charge in [-0.2, -0.15) is 26.3 Å². The lowest BCUT2D eigenvalue weighted by Gasteiger charge is -2.33. The first-order valence-electron chi connectivity index (χ1n) is 17.0. The van der Waals surface area contributed by atoms with Gasteiger partial charge in [-0.15, -0.1) is 0 Å². The molecule has 10 nitrogen and oxygen atoms in total. The number of halogens is 6. The van der Waals surface area contributed by atoms with Gasteiger partial charge in [0.05, 0.1) is 53.5 Å². The van der Waals surface area contributed by atoms with Crippen molar-refractivity contribution in [3.63, 3.8) is 0 Å². The molecule has 0 radical (unpaired) electrons. The van der Waals surface area contributed by atoms with Crippen molar-refractivity contribution >= 4 is 17.9 Å². The zero-order chi connectivity index (χ0) is 37.2. The maximum atomic E-state index is 13.7. The van der Waals surface area contributed by atoms with Gasteiger partial charge in [0.25, 0.3) is 0 Å². The molecule has 2 aromatic heterocycles. The molecule has 1 saturated carbocycles. The van der Waals surface area contributed by atoms with E-state index in [2.05, 4.69) is 5.16 Å². The molecule has 1 aliphatic heterocycles. The van der Waals surface area contributed by atoms with Crippen LogP contribution in [-0.4, -0.2) is 57.8 Å². The van der Waals surface area contributed by atoms with Gasteiger partial charge in [0.1, 0.15) is 17.6 Å². The van der Waals surface area contributed by atoms with E-state index >= 15 is 0 Å². The van der Waals surface area contributed by atoms with Crippen molar-refractivity contribution in [1.82, 2.24) is 20.0 Å². The van der Waals surface area contributed by atoms with Crippen LogP contribution in [0.4, 0.5) is 37.0 Å². The molecule has 2 fully saturated rings. The van der Waals surface area contributed by atoms with Crippen LogP contribution < -0.4 is 4.90 Å². The average molecular weight is 726 g/mol. The summed E-state index contributed by atoms with van der Waals surface area (Å²) in [5, 5.41) is 4.00. The van der Waals surface area contributed by atoms with E-state index in [4.69, 9.17) is 24.0 Å². The summed E-state index contributed by atoms with van der Waals surface area (Å²) in [6, 6.07) is 0.231. The summed E-state index contributed by atoms with van der Waals surface area (Å²) in [5.41, 5.74) is -1.47. The number of hydrogen-bond donors (Lipinski definition) is 0. The van der Waals surface area contributed by atoms with Crippen LogP contribution in [0.25, 0.3) is 11.3 Å². The number of rotatable bonds is 11. The number of amides is 1. The van der Waals surface area contributed by atoms with Crippen LogP contribution in [0, 0.1) is 25.7 Å². The monoisotopic (exact) mass is 725 g/mol. The maximum Gasteiger partial charge on any atom is 0.416 e. The fourth-order valence-corrected chi connectivity index (χ4v) is 6.98. The molecule has 278 valence electrons. The second-order valence-corrected chi connectivity index (χ2v) is 13.2. The first-order chi connectivity index (χ1) is 24.0. The highest BCUT2D eigenvalue weighted by Crippen LogP contribution is 2.42. The van der Waals surface area contributed by atoms with Crippen molar-refractivity contribution in [2.75, 3.05) is 24.6 Å². The normalized spacial score (nSPS) is 21.2. The van der Waals surface area contributed by atoms with Crippen LogP contribution in [0.1, 0.15) is 92.8 Å². The molecule has 1 saturated heterocycles. The topological polar surface area (TPSA) is 111 Å². The van der Waals surface area contributed by atoms with Gasteiger partial charge in [0.15, 0.2) is 5.82 Å². The standard InChI is InChI=1S/C35H41F6N5O5/c1-6-45(17-23-10-8-22(9-11-23)12-29(47)49-7-2)32-28(43-27(16-42-32)30-19(3)44-51-21(30)5)18-46-20(4)31(50-33(46)48)24-13-25(34(36,37)38)15-26(14-24)35(39,40)41/h13-16,20,22-23,31H,6-12,17-18H2,1-5H3/t20-,22-,23-,31?/m0/s1. The summed E-state index contributed by atoms with van der Waals surface area (Å²) in [6.07, 6.45) is -6.98. The molecule has 2 atom stereocenters. The molecule has 16 heteroatoms. The van der Waals surface area contributed by atoms with Crippen LogP contribution in [0.3, 0.4) is 0 Å². The Morgan fingerprint density at radius 2 is 1.63 bits per heavy atom. The minimum absolute atomic E-state index is 0.0387. The highest BCUT2D eigenvalue weighted by Gasteiger charge is 2.44. The van der Waals surface area contributed by atoms with Gasteiger partial charge in [0, 0.05) is 19.5 Å². The molecule has 51 heavy (non-hydrogen) atoms. The second kappa shape index (κ2) is 15.1. The molecule has 1 aliphatic carbocycles. The summed E-state index contributed by atoms with van der Waals surface area (Å²) in [4.78, 5) is 38.3. The molecule has 0 spiro atoms. The average Bonchev–Trinajstić information content (AvgIpc) is 3.55. The summed E-state index contributed by atoms with van der Waals surface area (Å²) in [6.45, 7) is 9.99. The van der Waals surface area contributed by atoms with Gasteiger partial charge in [-0.1, -0.05) is 5.16 Å². The van der Waals surface area contributed by atoms with Crippen molar-refractivity contribution < 1.29 is 49.9 Å². The van der Waals surface area contributed by atoms with Crippen molar-refractivity contribution in [3.8, 4) is 11.3 Å². The third kappa shape index (κ3) is 8.58. The van der Waals surface area contributed by atoms with Crippen molar-refractivity contribution in [2.45, 2.75) is 97.8 Å². The Hall–Kier alpha value is -4.37. The summed E-state index contributed by atoms with van der Waals surface area (Å²) < 4.78 is 97.8. The first-order valence-corrected chi connectivity index (χ1v) is 17.0. The van der Waals surface area contributed by atoms with Crippen molar-refractivity contribution in [3.05, 3.63) is 58.2 Å². The lowest BCUT2D eigenvalue weighted by atomic mass is 9.80. The summed E-state index contributed by atoms with van der Waals surface area (Å²) in [5.74, 6) is 1.30. The number of aryl methyl sites for hydroxylation is 2. The Balaban J connectivity index is 1.44. The summed E-state index contributed by atoms with van der Waals surface area (Å²) >= 11 is 0. The van der Waals surface area contributed by atoms with E-state index in [1.165, 1.54) is 11.8 Å². The van der Waals surface area contributed by atoms with E-state index in [0.717, 1.165) is 25.7 Å². The van der Waals surface area contributed by atoms with E-state index in [9.17, 15) is 35.9 Å². The molecule has 1 unspecified atom stereocenters. The minimum Gasteiger partial charge on any atom is -0.466 e. The number of carbonyl (C=O) groups excluding carboxylic acids is 2. The molecule has 2 aliphatic rings. The van der Waals surface area contributed by atoms with E-state index in [0.29, 0.717) is 72.5 Å². The lowest BCUT2D eigenvalue weighted by molar-refractivity contribution is -0.145. The van der Waals surface area contributed by atoms with Crippen molar-refractivity contribution in [1.29, 1.82) is 0 Å². The number of esters is 1. The number of carbonyl (C=O) groups is 2. The summed E-state index contributed by atoms with van der Waals surface area (Å²) in [7, 11) is 0. The number of ether oxygens (including phenoxy) is 2. The lowest BCUT2D eigenvalue weighted by Crippen LogP contribution is -2.36. The zero-order valence-corrected chi connectivity index (χ0v) is 29.0. The number of nitrogens with zero attached hydrogens (tertiary/aromatic N) is 5. The highest BCUT2D eigenvalue weighted by molar-refractivity contribution is 5.72. The third-order valence-corrected chi connectivity index (χ3v) is 9.65. The largest absolute Gasteiger partial charge is 0.466 e. The fourth-order valence-electron chi connectivity index (χ4n) is 6.98. The molecular weight excluding hydrogens is 684 g/mol. The van der Waals surface area contributed by atoms with Crippen LogP contribution in [-0.2, 0) is 33.2 Å². The van der Waals surface area contributed by atoms with Gasteiger partial charge in [-0.3, -0.25) is 9.69 Å². The predicted molar refractivity (Wildman–Crippen MR) is 172 cm³/mol. The second-order valence-electron chi connectivity index (χ2n) is 13.2. The number of benzene rings is 1. The van der Waals surface area contributed by atoms with Crippen LogP contribution in [0.2, 0.25) is 0 Å². The van der Waals surface area contributed by atoms with Gasteiger partial charge in [-0.05, 0) is 95.9 Å². The van der Waals surface area contributed by atoms with Gasteiger partial charge in [-0.25, -0.2) is 14.8 Å². The Morgan fingerprint density at radius 1 is 1.00 bits per heavy atom. The van der Waals surface area contributed by atoms with Gasteiger partial charge < -0.3 is 18.9 Å². The molecule has 0 bridgehead atoms.